The van der Waals surface area contributed by atoms with E-state index in [1.54, 1.807) is 24.1 Å². The van der Waals surface area contributed by atoms with Gasteiger partial charge in [0.1, 0.15) is 0 Å². The predicted octanol–water partition coefficient (Wildman–Crippen LogP) is 0.293. The van der Waals surface area contributed by atoms with Gasteiger partial charge in [-0.05, 0) is 12.1 Å². The highest BCUT2D eigenvalue weighted by Crippen LogP contribution is 2.27. The Morgan fingerprint density at radius 1 is 1.50 bits per heavy atom. The molecule has 116 valence electrons. The van der Waals surface area contributed by atoms with Gasteiger partial charge in [0.15, 0.2) is 18.1 Å². The maximum Gasteiger partial charge on any atom is 0.258 e. The Morgan fingerprint density at radius 3 is 2.86 bits per heavy atom. The fourth-order valence-corrected chi connectivity index (χ4v) is 2.23. The predicted molar refractivity (Wildman–Crippen MR) is 77.4 cm³/mol. The van der Waals surface area contributed by atoms with Gasteiger partial charge in [0.2, 0.25) is 5.91 Å². The van der Waals surface area contributed by atoms with Gasteiger partial charge < -0.3 is 19.7 Å². The summed E-state index contributed by atoms with van der Waals surface area (Å²) in [6, 6.07) is 6.52. The minimum atomic E-state index is -0.306. The first kappa shape index (κ1) is 15.6. The Bertz CT molecular complexity index is 624. The van der Waals surface area contributed by atoms with Gasteiger partial charge in [-0.25, -0.2) is 0 Å². The van der Waals surface area contributed by atoms with Crippen molar-refractivity contribution < 1.29 is 19.1 Å². The Kier molecular flexibility index (Phi) is 4.84. The molecule has 1 aromatic rings. The van der Waals surface area contributed by atoms with Gasteiger partial charge in [-0.15, -0.1) is 0 Å². The summed E-state index contributed by atoms with van der Waals surface area (Å²) in [4.78, 5) is 24.8. The van der Waals surface area contributed by atoms with E-state index < -0.39 is 0 Å². The first-order valence-electron chi connectivity index (χ1n) is 6.77. The van der Waals surface area contributed by atoms with Crippen LogP contribution in [0.15, 0.2) is 18.2 Å². The average Bonchev–Trinajstić information content (AvgIpc) is 2.82. The molecule has 0 saturated carbocycles. The number of nitrogens with one attached hydrogen (secondary N) is 1. The van der Waals surface area contributed by atoms with Gasteiger partial charge in [-0.3, -0.25) is 9.59 Å². The van der Waals surface area contributed by atoms with Crippen molar-refractivity contribution in [1.29, 1.82) is 5.26 Å². The highest BCUT2D eigenvalue weighted by molar-refractivity contribution is 5.82. The van der Waals surface area contributed by atoms with E-state index >= 15 is 0 Å². The lowest BCUT2D eigenvalue weighted by molar-refractivity contribution is -0.126. The summed E-state index contributed by atoms with van der Waals surface area (Å²) >= 11 is 0. The lowest BCUT2D eigenvalue weighted by Gasteiger charge is -2.14. The molecule has 1 N–H and O–H groups in total. The van der Waals surface area contributed by atoms with Crippen LogP contribution < -0.4 is 14.8 Å². The number of likely N-dealkylation sites (tertiary alicyclic amines) is 1. The van der Waals surface area contributed by atoms with Crippen LogP contribution in [-0.2, 0) is 9.59 Å². The van der Waals surface area contributed by atoms with Crippen molar-refractivity contribution in [1.82, 2.24) is 10.2 Å². The molecular weight excluding hydrogens is 286 g/mol. The zero-order valence-corrected chi connectivity index (χ0v) is 12.5. The molecule has 2 amide bonds. The monoisotopic (exact) mass is 303 g/mol. The third kappa shape index (κ3) is 3.67. The topological polar surface area (TPSA) is 91.7 Å². The molecule has 7 nitrogen and oxygen atoms in total. The number of likely N-dealkylation sites (N-methyl/N-ethyl adjacent to an activating group) is 1. The molecule has 0 aromatic heterocycles. The van der Waals surface area contributed by atoms with E-state index in [0.29, 0.717) is 30.0 Å². The minimum Gasteiger partial charge on any atom is -0.493 e. The Balaban J connectivity index is 1.89. The molecule has 22 heavy (non-hydrogen) atoms. The summed E-state index contributed by atoms with van der Waals surface area (Å²) in [6.07, 6.45) is 0.308. The van der Waals surface area contributed by atoms with E-state index in [-0.39, 0.29) is 24.5 Å². The lowest BCUT2D eigenvalue weighted by Crippen LogP contribution is -2.39. The number of carbonyl (C=O) groups is 2. The van der Waals surface area contributed by atoms with Crippen LogP contribution in [0.4, 0.5) is 0 Å². The summed E-state index contributed by atoms with van der Waals surface area (Å²) in [5, 5.41) is 11.6. The second-order valence-corrected chi connectivity index (χ2v) is 5.01. The van der Waals surface area contributed by atoms with Crippen LogP contribution in [0.5, 0.6) is 11.5 Å². The fraction of sp³-hybridized carbons (Fsp3) is 0.400. The van der Waals surface area contributed by atoms with E-state index in [2.05, 4.69) is 5.32 Å². The molecule has 1 aliphatic rings. The minimum absolute atomic E-state index is 0.0139. The molecule has 2 rings (SSSR count). The quantitative estimate of drug-likeness (QED) is 0.844. The Hall–Kier alpha value is -2.75. The van der Waals surface area contributed by atoms with Gasteiger partial charge in [0.25, 0.3) is 5.91 Å². The third-order valence-corrected chi connectivity index (χ3v) is 3.36. The van der Waals surface area contributed by atoms with E-state index in [0.717, 1.165) is 0 Å². The number of hydrogen-bond donors (Lipinski definition) is 1. The van der Waals surface area contributed by atoms with Crippen LogP contribution >= 0.6 is 0 Å². The Labute approximate surface area is 128 Å². The maximum atomic E-state index is 11.8. The summed E-state index contributed by atoms with van der Waals surface area (Å²) in [7, 11) is 3.16. The molecule has 0 radical (unpaired) electrons. The number of carbonyl (C=O) groups excluding carboxylic acids is 2. The molecular formula is C15H17N3O4. The molecule has 7 heteroatoms. The average molecular weight is 303 g/mol. The van der Waals surface area contributed by atoms with Crippen LogP contribution in [0.1, 0.15) is 12.0 Å². The smallest absolute Gasteiger partial charge is 0.258 e. The van der Waals surface area contributed by atoms with Crippen molar-refractivity contribution in [2.24, 2.45) is 0 Å². The number of amides is 2. The second-order valence-electron chi connectivity index (χ2n) is 5.01. The van der Waals surface area contributed by atoms with E-state index in [4.69, 9.17) is 14.7 Å². The normalized spacial score (nSPS) is 17.0. The third-order valence-electron chi connectivity index (χ3n) is 3.36. The SMILES string of the molecule is COc1cc(C#N)ccc1OCC(=O)NC1CC(=O)N(C)C1. The van der Waals surface area contributed by atoms with Crippen molar-refractivity contribution in [3.8, 4) is 17.6 Å². The maximum absolute atomic E-state index is 11.8. The van der Waals surface area contributed by atoms with E-state index in [1.165, 1.54) is 13.2 Å². The molecule has 0 aliphatic carbocycles. The summed E-state index contributed by atoms with van der Waals surface area (Å²) < 4.78 is 10.5. The lowest BCUT2D eigenvalue weighted by atomic mass is 10.2. The molecule has 1 saturated heterocycles. The van der Waals surface area contributed by atoms with E-state index in [9.17, 15) is 9.59 Å². The highest BCUT2D eigenvalue weighted by atomic mass is 16.5. The number of nitrogens with zero attached hydrogens (tertiary/aromatic N) is 2. The number of rotatable bonds is 5. The highest BCUT2D eigenvalue weighted by Gasteiger charge is 2.27. The second kappa shape index (κ2) is 6.80. The van der Waals surface area contributed by atoms with Gasteiger partial charge in [0.05, 0.1) is 24.8 Å². The number of methoxy groups -OCH3 is 1. The molecule has 1 aromatic carbocycles. The van der Waals surface area contributed by atoms with Crippen molar-refractivity contribution in [2.45, 2.75) is 12.5 Å². The van der Waals surface area contributed by atoms with Gasteiger partial charge in [-0.1, -0.05) is 0 Å². The first-order valence-corrected chi connectivity index (χ1v) is 6.77. The molecule has 1 atom stereocenters. The van der Waals surface area contributed by atoms with Gasteiger partial charge in [-0.2, -0.15) is 5.26 Å². The zero-order chi connectivity index (χ0) is 16.1. The van der Waals surface area contributed by atoms with Crippen LogP contribution in [0.25, 0.3) is 0 Å². The van der Waals surface area contributed by atoms with Crippen molar-refractivity contribution >= 4 is 11.8 Å². The number of hydrogen-bond acceptors (Lipinski definition) is 5. The number of ether oxygens (including phenoxy) is 2. The first-order chi connectivity index (χ1) is 10.5. The van der Waals surface area contributed by atoms with Crippen LogP contribution in [0.3, 0.4) is 0 Å². The molecule has 0 bridgehead atoms. The summed E-state index contributed by atoms with van der Waals surface area (Å²) in [5.74, 6) is 0.485. The standard InChI is InChI=1S/C15H17N3O4/c1-18-8-11(6-15(18)20)17-14(19)9-22-12-4-3-10(7-16)5-13(12)21-2/h3-5,11H,6,8-9H2,1-2H3,(H,17,19). The number of benzene rings is 1. The molecule has 0 spiro atoms. The van der Waals surface area contributed by atoms with Crippen molar-refractivity contribution in [3.63, 3.8) is 0 Å². The number of nitriles is 1. The summed E-state index contributed by atoms with van der Waals surface area (Å²) in [6.45, 7) is 0.321. The van der Waals surface area contributed by atoms with Gasteiger partial charge >= 0.3 is 0 Å². The molecule has 1 heterocycles. The van der Waals surface area contributed by atoms with Gasteiger partial charge in [0, 0.05) is 26.1 Å². The largest absolute Gasteiger partial charge is 0.493 e. The van der Waals surface area contributed by atoms with Crippen molar-refractivity contribution in [2.75, 3.05) is 27.3 Å². The summed E-state index contributed by atoms with van der Waals surface area (Å²) in [5.41, 5.74) is 0.446. The van der Waals surface area contributed by atoms with Crippen molar-refractivity contribution in [3.05, 3.63) is 23.8 Å². The van der Waals surface area contributed by atoms with Crippen LogP contribution in [0, 0.1) is 11.3 Å². The van der Waals surface area contributed by atoms with E-state index in [1.807, 2.05) is 6.07 Å². The van der Waals surface area contributed by atoms with Crippen LogP contribution in [-0.4, -0.2) is 50.1 Å². The molecule has 1 fully saturated rings. The molecule has 1 aliphatic heterocycles. The van der Waals surface area contributed by atoms with Crippen LogP contribution in [0.2, 0.25) is 0 Å². The molecule has 1 unspecified atom stereocenters. The Morgan fingerprint density at radius 2 is 2.27 bits per heavy atom. The fourth-order valence-electron chi connectivity index (χ4n) is 2.23. The zero-order valence-electron chi connectivity index (χ0n) is 12.5.